The molecule has 188 valence electrons. The van der Waals surface area contributed by atoms with E-state index in [0.717, 1.165) is 12.1 Å². The van der Waals surface area contributed by atoms with Crippen molar-refractivity contribution in [2.45, 2.75) is 0 Å². The number of rotatable bonds is 6. The number of nitro benzene ring substituents is 1. The summed E-state index contributed by atoms with van der Waals surface area (Å²) >= 11 is 13.3. The Labute approximate surface area is 219 Å². The molecular weight excluding hydrogens is 526 g/mol. The van der Waals surface area contributed by atoms with Gasteiger partial charge in [0.25, 0.3) is 0 Å². The molecule has 0 saturated carbocycles. The fraction of sp³-hybridized carbons (Fsp3) is 0.120. The van der Waals surface area contributed by atoms with Gasteiger partial charge in [0, 0.05) is 58.9 Å². The first kappa shape index (κ1) is 24.5. The molecule has 0 aliphatic rings. The standard InChI is InChI=1S/C25H17Cl2FN4O5/c1-35-19-8-15(28)18(32(33)34)7-13(19)16-9-17-12(11-30-16)6-14(25-29-4-5-31(17)25)22-23(26)20(36-2)10-21(37-3)24(22)27/h4-11H,1-3H3. The molecule has 0 unspecified atom stereocenters. The monoisotopic (exact) mass is 542 g/mol. The van der Waals surface area contributed by atoms with Crippen LogP contribution in [-0.4, -0.2) is 40.6 Å². The number of halogens is 3. The van der Waals surface area contributed by atoms with Crippen LogP contribution in [0.3, 0.4) is 0 Å². The molecule has 0 atom stereocenters. The van der Waals surface area contributed by atoms with E-state index in [1.165, 1.54) is 21.3 Å². The third kappa shape index (κ3) is 3.94. The van der Waals surface area contributed by atoms with E-state index in [4.69, 9.17) is 37.4 Å². The molecule has 5 rings (SSSR count). The molecule has 3 aromatic heterocycles. The second-order valence-electron chi connectivity index (χ2n) is 7.85. The quantitative estimate of drug-likeness (QED) is 0.176. The number of imidazole rings is 1. The van der Waals surface area contributed by atoms with Gasteiger partial charge in [0.05, 0.1) is 47.5 Å². The third-order valence-corrected chi connectivity index (χ3v) is 6.69. The number of hydrogen-bond acceptors (Lipinski definition) is 7. The first-order valence-corrected chi connectivity index (χ1v) is 11.4. The van der Waals surface area contributed by atoms with E-state index in [-0.39, 0.29) is 21.4 Å². The zero-order valence-electron chi connectivity index (χ0n) is 19.6. The number of nitrogens with zero attached hydrogens (tertiary/aromatic N) is 4. The predicted octanol–water partition coefficient (Wildman–Crippen LogP) is 6.60. The minimum atomic E-state index is -1.00. The summed E-state index contributed by atoms with van der Waals surface area (Å²) in [6.45, 7) is 0. The number of benzene rings is 2. The lowest BCUT2D eigenvalue weighted by Gasteiger charge is -2.16. The van der Waals surface area contributed by atoms with Gasteiger partial charge < -0.3 is 14.2 Å². The van der Waals surface area contributed by atoms with Crippen molar-refractivity contribution in [3.05, 3.63) is 74.9 Å². The Balaban J connectivity index is 1.79. The van der Waals surface area contributed by atoms with Gasteiger partial charge in [-0.3, -0.25) is 19.5 Å². The molecule has 5 aromatic rings. The Hall–Kier alpha value is -4.15. The average Bonchev–Trinajstić information content (AvgIpc) is 3.39. The Morgan fingerprint density at radius 1 is 0.919 bits per heavy atom. The van der Waals surface area contributed by atoms with E-state index in [2.05, 4.69) is 9.97 Å². The van der Waals surface area contributed by atoms with Crippen LogP contribution >= 0.6 is 23.2 Å². The summed E-state index contributed by atoms with van der Waals surface area (Å²) in [7, 11) is 4.33. The number of nitro groups is 1. The van der Waals surface area contributed by atoms with E-state index in [1.54, 1.807) is 35.1 Å². The normalized spacial score (nSPS) is 11.2. The number of hydrogen-bond donors (Lipinski definition) is 0. The zero-order valence-corrected chi connectivity index (χ0v) is 21.1. The third-order valence-electron chi connectivity index (χ3n) is 5.94. The van der Waals surface area contributed by atoms with Crippen LogP contribution in [0.2, 0.25) is 10.0 Å². The van der Waals surface area contributed by atoms with E-state index in [0.29, 0.717) is 44.9 Å². The van der Waals surface area contributed by atoms with Gasteiger partial charge in [-0.1, -0.05) is 23.2 Å². The Morgan fingerprint density at radius 2 is 1.59 bits per heavy atom. The lowest BCUT2D eigenvalue weighted by Crippen LogP contribution is -1.99. The molecule has 0 fully saturated rings. The van der Waals surface area contributed by atoms with Crippen molar-refractivity contribution in [1.29, 1.82) is 0 Å². The molecule has 2 aromatic carbocycles. The minimum Gasteiger partial charge on any atom is -0.496 e. The maximum absolute atomic E-state index is 14.2. The van der Waals surface area contributed by atoms with Crippen molar-refractivity contribution in [3.8, 4) is 39.6 Å². The molecule has 0 bridgehead atoms. The highest BCUT2D eigenvalue weighted by molar-refractivity contribution is 6.41. The lowest BCUT2D eigenvalue weighted by atomic mass is 10.0. The molecule has 37 heavy (non-hydrogen) atoms. The Kier molecular flexibility index (Phi) is 6.22. The number of pyridine rings is 2. The predicted molar refractivity (Wildman–Crippen MR) is 138 cm³/mol. The Bertz CT molecular complexity index is 1700. The number of fused-ring (bicyclic) bond motifs is 3. The molecule has 0 radical (unpaired) electrons. The van der Waals surface area contributed by atoms with Crippen molar-refractivity contribution < 1.29 is 23.5 Å². The van der Waals surface area contributed by atoms with Crippen molar-refractivity contribution in [2.24, 2.45) is 0 Å². The van der Waals surface area contributed by atoms with E-state index >= 15 is 0 Å². The molecule has 0 saturated heterocycles. The molecule has 0 aliphatic carbocycles. The zero-order chi connectivity index (χ0) is 26.4. The summed E-state index contributed by atoms with van der Waals surface area (Å²) in [5, 5.41) is 12.6. The molecular formula is C25H17Cl2FN4O5. The van der Waals surface area contributed by atoms with Crippen LogP contribution in [0.4, 0.5) is 10.1 Å². The first-order chi connectivity index (χ1) is 17.8. The van der Waals surface area contributed by atoms with E-state index in [1.807, 2.05) is 6.07 Å². The van der Waals surface area contributed by atoms with Crippen LogP contribution in [0.5, 0.6) is 17.2 Å². The smallest absolute Gasteiger partial charge is 0.305 e. The summed E-state index contributed by atoms with van der Waals surface area (Å²) in [6, 6.07) is 7.20. The largest absolute Gasteiger partial charge is 0.496 e. The highest BCUT2D eigenvalue weighted by Crippen LogP contribution is 2.47. The Morgan fingerprint density at radius 3 is 2.22 bits per heavy atom. The van der Waals surface area contributed by atoms with Gasteiger partial charge in [-0.15, -0.1) is 0 Å². The van der Waals surface area contributed by atoms with Crippen LogP contribution in [0.1, 0.15) is 0 Å². The van der Waals surface area contributed by atoms with Crippen LogP contribution in [0.25, 0.3) is 38.9 Å². The van der Waals surface area contributed by atoms with Crippen LogP contribution in [0.15, 0.2) is 48.9 Å². The van der Waals surface area contributed by atoms with Gasteiger partial charge in [-0.05, 0) is 12.1 Å². The topological polar surface area (TPSA) is 101 Å². The molecule has 0 amide bonds. The maximum Gasteiger partial charge on any atom is 0.305 e. The van der Waals surface area contributed by atoms with Crippen LogP contribution in [0, 0.1) is 15.9 Å². The van der Waals surface area contributed by atoms with Gasteiger partial charge >= 0.3 is 5.69 Å². The van der Waals surface area contributed by atoms with Crippen LogP contribution in [-0.2, 0) is 0 Å². The lowest BCUT2D eigenvalue weighted by molar-refractivity contribution is -0.387. The number of methoxy groups -OCH3 is 3. The average molecular weight is 543 g/mol. The highest BCUT2D eigenvalue weighted by atomic mass is 35.5. The van der Waals surface area contributed by atoms with Crippen molar-refractivity contribution in [2.75, 3.05) is 21.3 Å². The highest BCUT2D eigenvalue weighted by Gasteiger charge is 2.24. The summed E-state index contributed by atoms with van der Waals surface area (Å²) in [5.74, 6) is -0.145. The van der Waals surface area contributed by atoms with Crippen LogP contribution < -0.4 is 14.2 Å². The minimum absolute atomic E-state index is 0.107. The van der Waals surface area contributed by atoms with Gasteiger partial charge in [0.1, 0.15) is 22.9 Å². The number of ether oxygens (including phenoxy) is 3. The molecule has 0 spiro atoms. The van der Waals surface area contributed by atoms with Gasteiger partial charge in [-0.2, -0.15) is 4.39 Å². The second-order valence-corrected chi connectivity index (χ2v) is 8.61. The summed E-state index contributed by atoms with van der Waals surface area (Å²) in [4.78, 5) is 19.5. The summed E-state index contributed by atoms with van der Waals surface area (Å²) < 4.78 is 32.1. The first-order valence-electron chi connectivity index (χ1n) is 10.7. The SMILES string of the molecule is COc1cc(F)c([N+](=O)[O-])cc1-c1cc2c(cn1)cc(-c1c(Cl)c(OC)cc(OC)c1Cl)c1nccn12. The van der Waals surface area contributed by atoms with E-state index < -0.39 is 16.4 Å². The molecule has 12 heteroatoms. The fourth-order valence-electron chi connectivity index (χ4n) is 4.20. The molecule has 0 aliphatic heterocycles. The number of aromatic nitrogens is 3. The summed E-state index contributed by atoms with van der Waals surface area (Å²) in [6.07, 6.45) is 4.94. The molecule has 0 N–H and O–H groups in total. The summed E-state index contributed by atoms with van der Waals surface area (Å²) in [5.41, 5.74) is 2.20. The fourth-order valence-corrected chi connectivity index (χ4v) is 4.90. The maximum atomic E-state index is 14.2. The van der Waals surface area contributed by atoms with Crippen molar-refractivity contribution in [1.82, 2.24) is 14.4 Å². The van der Waals surface area contributed by atoms with Gasteiger partial charge in [0.2, 0.25) is 5.82 Å². The second kappa shape index (κ2) is 9.38. The van der Waals surface area contributed by atoms with Gasteiger partial charge in [-0.25, -0.2) is 4.98 Å². The van der Waals surface area contributed by atoms with Gasteiger partial charge in [0.15, 0.2) is 0 Å². The molecule has 3 heterocycles. The van der Waals surface area contributed by atoms with E-state index in [9.17, 15) is 14.5 Å². The van der Waals surface area contributed by atoms with Crippen molar-refractivity contribution >= 4 is 45.4 Å². The van der Waals surface area contributed by atoms with Crippen molar-refractivity contribution in [3.63, 3.8) is 0 Å². The molecule has 9 nitrogen and oxygen atoms in total.